The molecule has 1 saturated carbocycles. The molecule has 0 aliphatic heterocycles. The van der Waals surface area contributed by atoms with Gasteiger partial charge in [0.2, 0.25) is 0 Å². The number of pyridine rings is 2. The van der Waals surface area contributed by atoms with E-state index in [9.17, 15) is 28.8 Å². The molecule has 2 aliphatic carbocycles. The minimum absolute atomic E-state index is 0.0188. The molecule has 55 heavy (non-hydrogen) atoms. The molecule has 0 saturated heterocycles. The van der Waals surface area contributed by atoms with Crippen molar-refractivity contribution in [2.24, 2.45) is 17.3 Å². The fourth-order valence-electron chi connectivity index (χ4n) is 7.22. The second kappa shape index (κ2) is 16.7. The number of hydrogen-bond acceptors (Lipinski definition) is 15. The zero-order chi connectivity index (χ0) is 40.9. The molecule has 0 spiro atoms. The van der Waals surface area contributed by atoms with Gasteiger partial charge in [0, 0.05) is 82.2 Å². The lowest BCUT2D eigenvalue weighted by Crippen LogP contribution is -2.57. The van der Waals surface area contributed by atoms with Crippen LogP contribution in [0.25, 0.3) is 0 Å². The average Bonchev–Trinajstić information content (AvgIpc) is 3.33. The van der Waals surface area contributed by atoms with Crippen LogP contribution in [-0.2, 0) is 52.4 Å². The smallest absolute Gasteiger partial charge is 0.340 e. The van der Waals surface area contributed by atoms with Gasteiger partial charge in [-0.2, -0.15) is 0 Å². The lowest BCUT2D eigenvalue weighted by Gasteiger charge is -2.42. The van der Waals surface area contributed by atoms with Gasteiger partial charge in [-0.05, 0) is 31.2 Å². The van der Waals surface area contributed by atoms with E-state index in [0.29, 0.717) is 0 Å². The monoisotopic (exact) mass is 762 g/mol. The third-order valence-electron chi connectivity index (χ3n) is 9.68. The van der Waals surface area contributed by atoms with E-state index >= 15 is 4.79 Å². The lowest BCUT2D eigenvalue weighted by atomic mass is 9.72. The van der Waals surface area contributed by atoms with Crippen LogP contribution in [0.3, 0.4) is 0 Å². The van der Waals surface area contributed by atoms with Gasteiger partial charge in [0.25, 0.3) is 0 Å². The van der Waals surface area contributed by atoms with Crippen LogP contribution >= 0.6 is 0 Å². The maximum absolute atomic E-state index is 15.1. The predicted molar refractivity (Wildman–Crippen MR) is 192 cm³/mol. The van der Waals surface area contributed by atoms with Gasteiger partial charge in [-0.1, -0.05) is 39.5 Å². The normalized spacial score (nSPS) is 29.5. The number of ketones is 1. The Bertz CT molecular complexity index is 1860. The number of fused-ring (bicyclic) bond motifs is 1. The number of carbonyl (C=O) groups excluding carboxylic acids is 7. The number of esters is 6. The van der Waals surface area contributed by atoms with E-state index in [0.717, 1.165) is 27.7 Å². The van der Waals surface area contributed by atoms with E-state index < -0.39 is 101 Å². The van der Waals surface area contributed by atoms with Crippen molar-refractivity contribution in [1.82, 2.24) is 9.97 Å². The molecule has 4 rings (SSSR count). The molecule has 2 heterocycles. The summed E-state index contributed by atoms with van der Waals surface area (Å²) < 4.78 is 35.6. The molecule has 0 N–H and O–H groups in total. The van der Waals surface area contributed by atoms with Gasteiger partial charge >= 0.3 is 35.8 Å². The molecule has 294 valence electrons. The van der Waals surface area contributed by atoms with E-state index in [1.54, 1.807) is 26.0 Å². The zero-order valence-corrected chi connectivity index (χ0v) is 32.1. The quantitative estimate of drug-likeness (QED) is 0.207. The lowest BCUT2D eigenvalue weighted by molar-refractivity contribution is -0.187. The number of Topliss-reactive ketones (excluding diaryl/α,β-unsaturated/α-hetero) is 1. The van der Waals surface area contributed by atoms with E-state index in [4.69, 9.17) is 28.4 Å². The highest BCUT2D eigenvalue weighted by Gasteiger charge is 2.71. The molecule has 15 heteroatoms. The minimum Gasteiger partial charge on any atom is -0.458 e. The summed E-state index contributed by atoms with van der Waals surface area (Å²) in [6, 6.07) is 6.00. The van der Waals surface area contributed by atoms with E-state index in [2.05, 4.69) is 16.5 Å². The van der Waals surface area contributed by atoms with Crippen LogP contribution < -0.4 is 0 Å². The summed E-state index contributed by atoms with van der Waals surface area (Å²) in [5.41, 5.74) is -5.31. The van der Waals surface area contributed by atoms with Crippen LogP contribution in [0.1, 0.15) is 88.9 Å². The molecule has 1 fully saturated rings. The van der Waals surface area contributed by atoms with Gasteiger partial charge in [-0.25, -0.2) is 9.59 Å². The van der Waals surface area contributed by atoms with Crippen molar-refractivity contribution in [3.63, 3.8) is 0 Å². The van der Waals surface area contributed by atoms with Gasteiger partial charge in [0.05, 0.1) is 17.0 Å². The summed E-state index contributed by atoms with van der Waals surface area (Å²) in [5, 5.41) is 0. The molecule has 2 aromatic rings. The predicted octanol–water partition coefficient (Wildman–Crippen LogP) is 4.48. The molecule has 2 aromatic heterocycles. The number of nitrogens with zero attached hydrogens (tertiary/aromatic N) is 2. The Balaban J connectivity index is 2.02. The first kappa shape index (κ1) is 42.0. The molecule has 0 bridgehead atoms. The molecular weight excluding hydrogens is 716 g/mol. The summed E-state index contributed by atoms with van der Waals surface area (Å²) in [7, 11) is 0. The highest BCUT2D eigenvalue weighted by Crippen LogP contribution is 2.54. The maximum Gasteiger partial charge on any atom is 0.340 e. The van der Waals surface area contributed by atoms with Crippen LogP contribution in [0, 0.1) is 17.3 Å². The van der Waals surface area contributed by atoms with Gasteiger partial charge in [-0.15, -0.1) is 0 Å². The molecule has 0 radical (unpaired) electrons. The van der Waals surface area contributed by atoms with Crippen LogP contribution in [0.15, 0.2) is 73.4 Å². The van der Waals surface area contributed by atoms with Crippen molar-refractivity contribution in [3.8, 4) is 0 Å². The third-order valence-corrected chi connectivity index (χ3v) is 9.68. The van der Waals surface area contributed by atoms with Gasteiger partial charge < -0.3 is 28.4 Å². The fraction of sp³-hybridized carbons (Fsp3) is 0.475. The van der Waals surface area contributed by atoms with Crippen LogP contribution in [0.5, 0.6) is 0 Å². The van der Waals surface area contributed by atoms with Crippen molar-refractivity contribution in [1.29, 1.82) is 0 Å². The maximum atomic E-state index is 15.1. The Hall–Kier alpha value is -5.73. The van der Waals surface area contributed by atoms with Gasteiger partial charge in [0.15, 0.2) is 23.1 Å². The first-order valence-electron chi connectivity index (χ1n) is 17.6. The average molecular weight is 763 g/mol. The summed E-state index contributed by atoms with van der Waals surface area (Å²) in [4.78, 5) is 102. The minimum atomic E-state index is -2.32. The molecular formula is C40H46N2O13. The molecule has 0 unspecified atom stereocenters. The SMILES string of the molecule is C=C1[C@H](OC(C)=O)C[C@@H](OC(=O)c2cccnc2)C(C)(C)/C=C/[C@@H](C)C(=O)[C@@]2(OC(C)=O)C[C@@](C)(OC(=O)c3cccnc3)[C@H](OC(C)=O)[C@@H]2[C@H]1OC(C)=O. The summed E-state index contributed by atoms with van der Waals surface area (Å²) in [6.07, 6.45) is 2.02. The number of aromatic nitrogens is 2. The Morgan fingerprint density at radius 2 is 1.33 bits per heavy atom. The second-order valence-electron chi connectivity index (χ2n) is 14.6. The Morgan fingerprint density at radius 1 is 0.764 bits per heavy atom. The molecule has 0 aromatic carbocycles. The summed E-state index contributed by atoms with van der Waals surface area (Å²) in [6.45, 7) is 14.9. The van der Waals surface area contributed by atoms with E-state index in [1.165, 1.54) is 62.9 Å². The van der Waals surface area contributed by atoms with Crippen molar-refractivity contribution in [2.45, 2.75) is 104 Å². The Kier molecular flexibility index (Phi) is 12.8. The van der Waals surface area contributed by atoms with Crippen molar-refractivity contribution in [3.05, 3.63) is 84.5 Å². The van der Waals surface area contributed by atoms with Crippen LogP contribution in [0.2, 0.25) is 0 Å². The first-order valence-corrected chi connectivity index (χ1v) is 17.6. The molecule has 2 aliphatic rings. The zero-order valence-electron chi connectivity index (χ0n) is 32.1. The van der Waals surface area contributed by atoms with E-state index in [-0.39, 0.29) is 23.1 Å². The topological polar surface area (TPSA) is 201 Å². The van der Waals surface area contributed by atoms with Crippen LogP contribution in [0.4, 0.5) is 0 Å². The van der Waals surface area contributed by atoms with E-state index in [1.807, 2.05) is 0 Å². The number of ether oxygens (including phenoxy) is 6. The second-order valence-corrected chi connectivity index (χ2v) is 14.6. The van der Waals surface area contributed by atoms with Crippen molar-refractivity contribution >= 4 is 41.6 Å². The highest BCUT2D eigenvalue weighted by atomic mass is 16.6. The fourth-order valence-corrected chi connectivity index (χ4v) is 7.22. The summed E-state index contributed by atoms with van der Waals surface area (Å²) in [5.74, 6) is -8.62. The standard InChI is InChI=1S/C40H46N2O13/c1-22-14-15-38(7,8)31(53-36(48)28-12-10-16-41-19-28)18-30(50-24(3)43)23(2)33(51-25(4)44)32-35(52-26(5)45)39(9,21-40(32,34(22)47)54-27(6)46)55-37(49)29-13-11-17-42-20-29/h10-17,19-20,22,30-33,35H,2,18,21H2,1,3-9H3/b15-14+/t22-,30-,31-,32+,33+,35-,39-,40-/m1/s1. The molecule has 15 nitrogen and oxygen atoms in total. The van der Waals surface area contributed by atoms with Crippen molar-refractivity contribution in [2.75, 3.05) is 0 Å². The van der Waals surface area contributed by atoms with Gasteiger partial charge in [-0.3, -0.25) is 33.9 Å². The number of hydrogen-bond donors (Lipinski definition) is 0. The van der Waals surface area contributed by atoms with Gasteiger partial charge in [0.1, 0.15) is 18.3 Å². The molecule has 8 atom stereocenters. The number of rotatable bonds is 8. The Labute approximate surface area is 318 Å². The first-order chi connectivity index (χ1) is 25.7. The largest absolute Gasteiger partial charge is 0.458 e. The highest BCUT2D eigenvalue weighted by molar-refractivity contribution is 5.94. The summed E-state index contributed by atoms with van der Waals surface area (Å²) >= 11 is 0. The van der Waals surface area contributed by atoms with Crippen LogP contribution in [-0.4, -0.2) is 87.2 Å². The number of allylic oxidation sites excluding steroid dienone is 1. The van der Waals surface area contributed by atoms with Crippen molar-refractivity contribution < 1.29 is 62.0 Å². The molecule has 0 amide bonds. The third kappa shape index (κ3) is 9.51. The Morgan fingerprint density at radius 3 is 1.84 bits per heavy atom. The number of carbonyl (C=O) groups is 7.